The molecule has 0 aromatic heterocycles. The number of carbonyl (C=O) groups excluding carboxylic acids is 2. The first-order valence-corrected chi connectivity index (χ1v) is 10.5. The van der Waals surface area contributed by atoms with Gasteiger partial charge in [0, 0.05) is 28.2 Å². The van der Waals surface area contributed by atoms with Gasteiger partial charge in [0.15, 0.2) is 0 Å². The normalized spacial score (nSPS) is 23.7. The van der Waals surface area contributed by atoms with Crippen molar-refractivity contribution in [3.8, 4) is 0 Å². The van der Waals surface area contributed by atoms with Gasteiger partial charge in [-0.25, -0.2) is 0 Å². The summed E-state index contributed by atoms with van der Waals surface area (Å²) in [5, 5.41) is 11.5. The molecule has 0 saturated carbocycles. The third-order valence-electron chi connectivity index (χ3n) is 5.27. The maximum atomic E-state index is 12.9. The summed E-state index contributed by atoms with van der Waals surface area (Å²) < 4.78 is 6.53. The number of aliphatic hydroxyl groups excluding tert-OH is 1. The number of nitrogens with zero attached hydrogens (tertiary/aromatic N) is 1. The van der Waals surface area contributed by atoms with Crippen LogP contribution >= 0.6 is 27.5 Å². The minimum Gasteiger partial charge on any atom is -0.507 e. The summed E-state index contributed by atoms with van der Waals surface area (Å²) in [6.07, 6.45) is 1.65. The Kier molecular flexibility index (Phi) is 5.76. The molecular weight excluding hydrogens is 458 g/mol. The van der Waals surface area contributed by atoms with Gasteiger partial charge in [0.1, 0.15) is 5.76 Å². The number of ether oxygens (including phenoxy) is 1. The molecule has 2 aromatic rings. The Labute approximate surface area is 182 Å². The van der Waals surface area contributed by atoms with Crippen LogP contribution in [0.15, 0.2) is 58.6 Å². The Morgan fingerprint density at radius 3 is 2.45 bits per heavy atom. The van der Waals surface area contributed by atoms with Crippen molar-refractivity contribution in [3.05, 3.63) is 74.7 Å². The first-order valence-electron chi connectivity index (χ1n) is 9.37. The minimum absolute atomic E-state index is 0.0811. The SMILES string of the molecule is O=C1C(=O)N(C[C@@H]2CCCO2)[C@@H](c2ccc(Cl)cc2)C1=C(O)c1ccc(Br)cc1. The fraction of sp³-hybridized carbons (Fsp3) is 0.273. The predicted molar refractivity (Wildman–Crippen MR) is 114 cm³/mol. The Balaban J connectivity index is 1.81. The maximum Gasteiger partial charge on any atom is 0.295 e. The second kappa shape index (κ2) is 8.30. The molecule has 2 aromatic carbocycles. The second-order valence-electron chi connectivity index (χ2n) is 7.14. The van der Waals surface area contributed by atoms with Crippen molar-refractivity contribution in [1.29, 1.82) is 0 Å². The van der Waals surface area contributed by atoms with Crippen LogP contribution < -0.4 is 0 Å². The van der Waals surface area contributed by atoms with Crippen molar-refractivity contribution < 1.29 is 19.4 Å². The number of benzene rings is 2. The highest BCUT2D eigenvalue weighted by atomic mass is 79.9. The van der Waals surface area contributed by atoms with Crippen LogP contribution in [0.4, 0.5) is 0 Å². The molecule has 0 unspecified atom stereocenters. The van der Waals surface area contributed by atoms with E-state index in [1.54, 1.807) is 48.5 Å². The number of aliphatic hydroxyl groups is 1. The van der Waals surface area contributed by atoms with Crippen LogP contribution in [0, 0.1) is 0 Å². The van der Waals surface area contributed by atoms with E-state index in [4.69, 9.17) is 16.3 Å². The quantitative estimate of drug-likeness (QED) is 0.394. The molecule has 2 fully saturated rings. The van der Waals surface area contributed by atoms with Crippen LogP contribution in [0.2, 0.25) is 5.02 Å². The number of amides is 1. The predicted octanol–water partition coefficient (Wildman–Crippen LogP) is 4.70. The van der Waals surface area contributed by atoms with E-state index in [0.29, 0.717) is 29.3 Å². The van der Waals surface area contributed by atoms with Crippen LogP contribution in [0.25, 0.3) is 5.76 Å². The van der Waals surface area contributed by atoms with Gasteiger partial charge < -0.3 is 14.7 Å². The molecule has 1 amide bonds. The van der Waals surface area contributed by atoms with E-state index in [1.165, 1.54) is 4.90 Å². The van der Waals surface area contributed by atoms with E-state index in [2.05, 4.69) is 15.9 Å². The smallest absolute Gasteiger partial charge is 0.295 e. The summed E-state index contributed by atoms with van der Waals surface area (Å²) in [4.78, 5) is 27.3. The molecule has 0 radical (unpaired) electrons. The molecule has 5 nitrogen and oxygen atoms in total. The topological polar surface area (TPSA) is 66.8 Å². The standard InChI is InChI=1S/C22H19BrClNO4/c23-15-7-3-14(4-8-15)20(26)18-19(13-5-9-16(24)10-6-13)25(22(28)21(18)27)12-17-2-1-11-29-17/h3-10,17,19,26H,1-2,11-12H2/t17-,19-/m0/s1. The van der Waals surface area contributed by atoms with Crippen LogP contribution in [0.5, 0.6) is 0 Å². The van der Waals surface area contributed by atoms with Crippen molar-refractivity contribution in [2.75, 3.05) is 13.2 Å². The zero-order valence-electron chi connectivity index (χ0n) is 15.5. The number of likely N-dealkylation sites (tertiary alicyclic amines) is 1. The van der Waals surface area contributed by atoms with Crippen LogP contribution in [-0.4, -0.2) is 41.0 Å². The van der Waals surface area contributed by atoms with Gasteiger partial charge in [0.05, 0.1) is 17.7 Å². The molecule has 2 atom stereocenters. The molecule has 2 heterocycles. The lowest BCUT2D eigenvalue weighted by Crippen LogP contribution is -2.36. The molecule has 0 bridgehead atoms. The molecule has 4 rings (SSSR count). The molecule has 7 heteroatoms. The monoisotopic (exact) mass is 475 g/mol. The third-order valence-corrected chi connectivity index (χ3v) is 6.05. The number of rotatable bonds is 4. The Bertz CT molecular complexity index is 965. The van der Waals surface area contributed by atoms with Gasteiger partial charge >= 0.3 is 0 Å². The minimum atomic E-state index is -0.694. The first kappa shape index (κ1) is 20.1. The van der Waals surface area contributed by atoms with E-state index in [-0.39, 0.29) is 17.4 Å². The molecular formula is C22H19BrClNO4. The highest BCUT2D eigenvalue weighted by molar-refractivity contribution is 9.10. The van der Waals surface area contributed by atoms with E-state index in [0.717, 1.165) is 17.3 Å². The summed E-state index contributed by atoms with van der Waals surface area (Å²) >= 11 is 9.39. The van der Waals surface area contributed by atoms with E-state index < -0.39 is 17.7 Å². The average Bonchev–Trinajstić information content (AvgIpc) is 3.31. The summed E-state index contributed by atoms with van der Waals surface area (Å²) in [5.74, 6) is -1.51. The molecule has 0 aliphatic carbocycles. The summed E-state index contributed by atoms with van der Waals surface area (Å²) in [5.41, 5.74) is 1.27. The number of carbonyl (C=O) groups is 2. The summed E-state index contributed by atoms with van der Waals surface area (Å²) in [6.45, 7) is 0.952. The van der Waals surface area contributed by atoms with Gasteiger partial charge in [0.2, 0.25) is 0 Å². The number of hydrogen-bond acceptors (Lipinski definition) is 4. The van der Waals surface area contributed by atoms with Gasteiger partial charge in [-0.15, -0.1) is 0 Å². The molecule has 29 heavy (non-hydrogen) atoms. The largest absolute Gasteiger partial charge is 0.507 e. The average molecular weight is 477 g/mol. The molecule has 2 aliphatic rings. The number of Topliss-reactive ketones (excluding diaryl/α,β-unsaturated/α-hetero) is 1. The van der Waals surface area contributed by atoms with Crippen LogP contribution in [0.1, 0.15) is 30.0 Å². The fourth-order valence-electron chi connectivity index (χ4n) is 3.83. The van der Waals surface area contributed by atoms with Crippen LogP contribution in [0.3, 0.4) is 0 Å². The van der Waals surface area contributed by atoms with Crippen molar-refractivity contribution in [2.45, 2.75) is 25.0 Å². The molecule has 2 aliphatic heterocycles. The number of hydrogen-bond donors (Lipinski definition) is 1. The Morgan fingerprint density at radius 1 is 1.14 bits per heavy atom. The Morgan fingerprint density at radius 2 is 1.83 bits per heavy atom. The highest BCUT2D eigenvalue weighted by Crippen LogP contribution is 2.40. The fourth-order valence-corrected chi connectivity index (χ4v) is 4.22. The summed E-state index contributed by atoms with van der Waals surface area (Å²) in [6, 6.07) is 13.2. The first-order chi connectivity index (χ1) is 14.0. The summed E-state index contributed by atoms with van der Waals surface area (Å²) in [7, 11) is 0. The number of ketones is 1. The lowest BCUT2D eigenvalue weighted by molar-refractivity contribution is -0.140. The third kappa shape index (κ3) is 3.97. The van der Waals surface area contributed by atoms with Crippen molar-refractivity contribution in [1.82, 2.24) is 4.90 Å². The van der Waals surface area contributed by atoms with E-state index >= 15 is 0 Å². The highest BCUT2D eigenvalue weighted by Gasteiger charge is 2.47. The lowest BCUT2D eigenvalue weighted by Gasteiger charge is -2.27. The Hall–Kier alpha value is -2.15. The van der Waals surface area contributed by atoms with Crippen molar-refractivity contribution in [3.63, 3.8) is 0 Å². The lowest BCUT2D eigenvalue weighted by atomic mass is 9.95. The van der Waals surface area contributed by atoms with Crippen LogP contribution in [-0.2, 0) is 14.3 Å². The second-order valence-corrected chi connectivity index (χ2v) is 8.50. The van der Waals surface area contributed by atoms with Crippen molar-refractivity contribution >= 4 is 45.0 Å². The van der Waals surface area contributed by atoms with Gasteiger partial charge in [-0.05, 0) is 42.7 Å². The zero-order chi connectivity index (χ0) is 20.5. The van der Waals surface area contributed by atoms with E-state index in [1.807, 2.05) is 0 Å². The van der Waals surface area contributed by atoms with Gasteiger partial charge in [-0.2, -0.15) is 0 Å². The number of halogens is 2. The molecule has 2 saturated heterocycles. The van der Waals surface area contributed by atoms with Crippen molar-refractivity contribution in [2.24, 2.45) is 0 Å². The van der Waals surface area contributed by atoms with Gasteiger partial charge in [-0.3, -0.25) is 9.59 Å². The molecule has 150 valence electrons. The van der Waals surface area contributed by atoms with E-state index in [9.17, 15) is 14.7 Å². The molecule has 1 N–H and O–H groups in total. The zero-order valence-corrected chi connectivity index (χ0v) is 17.8. The van der Waals surface area contributed by atoms with Gasteiger partial charge in [0.25, 0.3) is 11.7 Å². The maximum absolute atomic E-state index is 12.9. The van der Waals surface area contributed by atoms with Gasteiger partial charge in [-0.1, -0.05) is 51.8 Å². The molecule has 0 spiro atoms.